The molecule has 5 nitrogen and oxygen atoms in total. The Balaban J connectivity index is 1.90. The number of phenols is 1. The molecule has 0 aromatic heterocycles. The topological polar surface area (TPSA) is 69.6 Å². The van der Waals surface area contributed by atoms with Crippen LogP contribution in [-0.4, -0.2) is 41.0 Å². The zero-order valence-corrected chi connectivity index (χ0v) is 10.8. The van der Waals surface area contributed by atoms with Crippen molar-refractivity contribution < 1.29 is 19.1 Å². The van der Waals surface area contributed by atoms with Crippen molar-refractivity contribution in [2.75, 3.05) is 13.1 Å². The molecule has 2 fully saturated rings. The summed E-state index contributed by atoms with van der Waals surface area (Å²) in [5, 5.41) is 12.5. The van der Waals surface area contributed by atoms with Gasteiger partial charge in [-0.05, 0) is 31.0 Å². The third-order valence-corrected chi connectivity index (χ3v) is 4.05. The second-order valence-corrected chi connectivity index (χ2v) is 5.22. The number of fused-ring (bicyclic) bond motifs is 1. The Morgan fingerprint density at radius 3 is 3.05 bits per heavy atom. The Kier molecular flexibility index (Phi) is 3.08. The number of phenolic OH excluding ortho intramolecular Hbond substituents is 1. The van der Waals surface area contributed by atoms with E-state index in [-0.39, 0.29) is 29.2 Å². The van der Waals surface area contributed by atoms with Crippen molar-refractivity contribution in [1.82, 2.24) is 10.2 Å². The van der Waals surface area contributed by atoms with Gasteiger partial charge in [-0.2, -0.15) is 0 Å². The molecule has 2 aliphatic rings. The molecule has 6 heteroatoms. The van der Waals surface area contributed by atoms with Crippen LogP contribution in [0.2, 0.25) is 0 Å². The highest BCUT2D eigenvalue weighted by molar-refractivity contribution is 5.98. The monoisotopic (exact) mass is 278 g/mol. The van der Waals surface area contributed by atoms with Crippen LogP contribution in [0.4, 0.5) is 4.39 Å². The molecule has 106 valence electrons. The number of likely N-dealkylation sites (tertiary alicyclic amines) is 1. The minimum atomic E-state index is -0.569. The minimum Gasteiger partial charge on any atom is -0.507 e. The Hall–Kier alpha value is -2.11. The van der Waals surface area contributed by atoms with Crippen LogP contribution in [-0.2, 0) is 4.79 Å². The summed E-state index contributed by atoms with van der Waals surface area (Å²) in [6, 6.07) is 3.10. The first-order valence-electron chi connectivity index (χ1n) is 6.65. The van der Waals surface area contributed by atoms with E-state index in [9.17, 15) is 19.1 Å². The number of aromatic hydroxyl groups is 1. The van der Waals surface area contributed by atoms with E-state index in [1.807, 2.05) is 0 Å². The van der Waals surface area contributed by atoms with Crippen LogP contribution >= 0.6 is 0 Å². The molecule has 2 N–H and O–H groups in total. The zero-order chi connectivity index (χ0) is 14.3. The summed E-state index contributed by atoms with van der Waals surface area (Å²) in [6.07, 6.45) is 1.49. The standard InChI is InChI=1S/C14H15FN2O3/c15-8-3-4-12(18)10(6-8)14(20)17-5-1-2-9-11(17)7-16-13(9)19/h3-4,6,9,11,18H,1-2,5,7H2,(H,16,19). The molecule has 2 saturated heterocycles. The number of piperidine rings is 1. The van der Waals surface area contributed by atoms with E-state index in [1.165, 1.54) is 6.07 Å². The predicted octanol–water partition coefficient (Wildman–Crippen LogP) is 0.882. The Morgan fingerprint density at radius 2 is 2.25 bits per heavy atom. The number of nitrogens with zero attached hydrogens (tertiary/aromatic N) is 1. The van der Waals surface area contributed by atoms with Crippen molar-refractivity contribution in [3.8, 4) is 5.75 Å². The molecule has 0 spiro atoms. The minimum absolute atomic E-state index is 0.0315. The lowest BCUT2D eigenvalue weighted by molar-refractivity contribution is -0.123. The highest BCUT2D eigenvalue weighted by Gasteiger charge is 2.43. The lowest BCUT2D eigenvalue weighted by Crippen LogP contribution is -2.48. The SMILES string of the molecule is O=C1NCC2C1CCCN2C(=O)c1cc(F)ccc1O. The molecule has 0 radical (unpaired) electrons. The van der Waals surface area contributed by atoms with Crippen molar-refractivity contribution in [1.29, 1.82) is 0 Å². The number of nitrogens with one attached hydrogen (secondary N) is 1. The van der Waals surface area contributed by atoms with E-state index >= 15 is 0 Å². The van der Waals surface area contributed by atoms with Gasteiger partial charge in [0.15, 0.2) is 0 Å². The van der Waals surface area contributed by atoms with Crippen molar-refractivity contribution in [2.24, 2.45) is 5.92 Å². The number of hydrogen-bond donors (Lipinski definition) is 2. The van der Waals surface area contributed by atoms with Gasteiger partial charge in [0, 0.05) is 13.1 Å². The third kappa shape index (κ3) is 2.01. The molecule has 1 aromatic rings. The Morgan fingerprint density at radius 1 is 1.45 bits per heavy atom. The number of amides is 2. The highest BCUT2D eigenvalue weighted by Crippen LogP contribution is 2.30. The first-order chi connectivity index (χ1) is 9.58. The number of rotatable bonds is 1. The van der Waals surface area contributed by atoms with Gasteiger partial charge in [-0.1, -0.05) is 0 Å². The number of carbonyl (C=O) groups is 2. The maximum atomic E-state index is 13.3. The van der Waals surface area contributed by atoms with E-state index < -0.39 is 11.7 Å². The number of carbonyl (C=O) groups excluding carboxylic acids is 2. The quantitative estimate of drug-likeness (QED) is 0.801. The summed E-state index contributed by atoms with van der Waals surface area (Å²) in [5.41, 5.74) is -0.0509. The van der Waals surface area contributed by atoms with Gasteiger partial charge in [-0.15, -0.1) is 0 Å². The van der Waals surface area contributed by atoms with Crippen LogP contribution in [0.25, 0.3) is 0 Å². The molecular formula is C14H15FN2O3. The lowest BCUT2D eigenvalue weighted by atomic mass is 9.91. The molecule has 20 heavy (non-hydrogen) atoms. The molecule has 2 unspecified atom stereocenters. The molecule has 2 amide bonds. The summed E-state index contributed by atoms with van der Waals surface area (Å²) in [6.45, 7) is 0.941. The van der Waals surface area contributed by atoms with Crippen molar-refractivity contribution >= 4 is 11.8 Å². The van der Waals surface area contributed by atoms with Crippen molar-refractivity contribution in [2.45, 2.75) is 18.9 Å². The third-order valence-electron chi connectivity index (χ3n) is 4.05. The molecule has 0 bridgehead atoms. The molecule has 0 saturated carbocycles. The fourth-order valence-electron chi connectivity index (χ4n) is 3.04. The predicted molar refractivity (Wildman–Crippen MR) is 68.6 cm³/mol. The molecule has 0 aliphatic carbocycles. The zero-order valence-electron chi connectivity index (χ0n) is 10.8. The smallest absolute Gasteiger partial charge is 0.258 e. The van der Waals surface area contributed by atoms with Gasteiger partial charge in [-0.25, -0.2) is 4.39 Å². The van der Waals surface area contributed by atoms with Crippen LogP contribution in [0.15, 0.2) is 18.2 Å². The van der Waals surface area contributed by atoms with Crippen LogP contribution in [0.5, 0.6) is 5.75 Å². The second kappa shape index (κ2) is 4.77. The second-order valence-electron chi connectivity index (χ2n) is 5.22. The van der Waals surface area contributed by atoms with E-state index in [4.69, 9.17) is 0 Å². The van der Waals surface area contributed by atoms with E-state index in [0.29, 0.717) is 13.1 Å². The highest BCUT2D eigenvalue weighted by atomic mass is 19.1. The lowest BCUT2D eigenvalue weighted by Gasteiger charge is -2.36. The molecule has 1 aromatic carbocycles. The van der Waals surface area contributed by atoms with Crippen LogP contribution in [0.3, 0.4) is 0 Å². The van der Waals surface area contributed by atoms with E-state index in [2.05, 4.69) is 5.32 Å². The summed E-state index contributed by atoms with van der Waals surface area (Å²) >= 11 is 0. The molecule has 2 heterocycles. The van der Waals surface area contributed by atoms with Gasteiger partial charge >= 0.3 is 0 Å². The largest absolute Gasteiger partial charge is 0.507 e. The first kappa shape index (κ1) is 12.9. The van der Waals surface area contributed by atoms with E-state index in [0.717, 1.165) is 25.0 Å². The molecule has 3 rings (SSSR count). The average Bonchev–Trinajstić information content (AvgIpc) is 2.83. The fraction of sp³-hybridized carbons (Fsp3) is 0.429. The molecular weight excluding hydrogens is 263 g/mol. The van der Waals surface area contributed by atoms with Gasteiger partial charge in [0.05, 0.1) is 17.5 Å². The fourth-order valence-corrected chi connectivity index (χ4v) is 3.04. The Bertz CT molecular complexity index is 576. The molecule has 2 atom stereocenters. The summed E-state index contributed by atoms with van der Waals surface area (Å²) in [4.78, 5) is 25.7. The van der Waals surface area contributed by atoms with Crippen molar-refractivity contribution in [3.05, 3.63) is 29.6 Å². The normalized spacial score (nSPS) is 25.2. The first-order valence-corrected chi connectivity index (χ1v) is 6.65. The summed E-state index contributed by atoms with van der Waals surface area (Å²) in [7, 11) is 0. The van der Waals surface area contributed by atoms with Gasteiger partial charge in [0.1, 0.15) is 11.6 Å². The van der Waals surface area contributed by atoms with E-state index in [1.54, 1.807) is 4.90 Å². The molecule has 2 aliphatic heterocycles. The van der Waals surface area contributed by atoms with Gasteiger partial charge < -0.3 is 15.3 Å². The average molecular weight is 278 g/mol. The maximum absolute atomic E-state index is 13.3. The van der Waals surface area contributed by atoms with Gasteiger partial charge in [-0.3, -0.25) is 9.59 Å². The van der Waals surface area contributed by atoms with Crippen molar-refractivity contribution in [3.63, 3.8) is 0 Å². The summed E-state index contributed by atoms with van der Waals surface area (Å²) in [5.74, 6) is -1.45. The van der Waals surface area contributed by atoms with Crippen LogP contribution in [0.1, 0.15) is 23.2 Å². The van der Waals surface area contributed by atoms with Gasteiger partial charge in [0.25, 0.3) is 5.91 Å². The number of hydrogen-bond acceptors (Lipinski definition) is 3. The van der Waals surface area contributed by atoms with Crippen LogP contribution < -0.4 is 5.32 Å². The van der Waals surface area contributed by atoms with Gasteiger partial charge in [0.2, 0.25) is 5.91 Å². The number of benzene rings is 1. The van der Waals surface area contributed by atoms with Crippen LogP contribution in [0, 0.1) is 11.7 Å². The number of halogens is 1. The Labute approximate surface area is 115 Å². The maximum Gasteiger partial charge on any atom is 0.258 e. The summed E-state index contributed by atoms with van der Waals surface area (Å²) < 4.78 is 13.3.